The van der Waals surface area contributed by atoms with Crippen LogP contribution in [-0.2, 0) is 6.42 Å². The van der Waals surface area contributed by atoms with E-state index in [9.17, 15) is 4.39 Å². The van der Waals surface area contributed by atoms with Gasteiger partial charge >= 0.3 is 0 Å². The molecule has 19 heavy (non-hydrogen) atoms. The normalized spacial score (nSPS) is 14.7. The van der Waals surface area contributed by atoms with Gasteiger partial charge in [-0.25, -0.2) is 4.39 Å². The van der Waals surface area contributed by atoms with Gasteiger partial charge in [-0.2, -0.15) is 0 Å². The van der Waals surface area contributed by atoms with Crippen molar-refractivity contribution in [3.05, 3.63) is 34.1 Å². The van der Waals surface area contributed by atoms with Crippen LogP contribution in [0.3, 0.4) is 0 Å². The summed E-state index contributed by atoms with van der Waals surface area (Å²) < 4.78 is 14.3. The first kappa shape index (κ1) is 16.6. The summed E-state index contributed by atoms with van der Waals surface area (Å²) in [7, 11) is 0. The van der Waals surface area contributed by atoms with Gasteiger partial charge in [0.05, 0.1) is 0 Å². The highest BCUT2D eigenvalue weighted by Gasteiger charge is 2.24. The minimum absolute atomic E-state index is 0.167. The average Bonchev–Trinajstić information content (AvgIpc) is 2.25. The molecule has 1 aromatic rings. The van der Waals surface area contributed by atoms with Crippen molar-refractivity contribution in [1.29, 1.82) is 0 Å². The van der Waals surface area contributed by atoms with Crippen LogP contribution in [0, 0.1) is 11.2 Å². The van der Waals surface area contributed by atoms with Crippen molar-refractivity contribution in [2.75, 3.05) is 6.54 Å². The maximum absolute atomic E-state index is 13.5. The van der Waals surface area contributed by atoms with Crippen molar-refractivity contribution in [3.63, 3.8) is 0 Å². The summed E-state index contributed by atoms with van der Waals surface area (Å²) in [6.45, 7) is 9.77. The second kappa shape index (κ2) is 7.39. The Morgan fingerprint density at radius 1 is 1.32 bits per heavy atom. The molecule has 0 amide bonds. The molecule has 1 N–H and O–H groups in total. The van der Waals surface area contributed by atoms with E-state index < -0.39 is 0 Å². The maximum Gasteiger partial charge on any atom is 0.124 e. The molecule has 0 bridgehead atoms. The molecule has 1 rings (SSSR count). The van der Waals surface area contributed by atoms with Crippen LogP contribution < -0.4 is 5.32 Å². The molecule has 0 aliphatic carbocycles. The van der Waals surface area contributed by atoms with Crippen molar-refractivity contribution in [2.45, 2.75) is 53.0 Å². The van der Waals surface area contributed by atoms with E-state index in [1.807, 2.05) is 6.07 Å². The lowest BCUT2D eigenvalue weighted by Crippen LogP contribution is -2.37. The summed E-state index contributed by atoms with van der Waals surface area (Å²) >= 11 is 3.37. The molecule has 0 fully saturated rings. The van der Waals surface area contributed by atoms with Gasteiger partial charge in [0, 0.05) is 17.1 Å². The molecule has 0 spiro atoms. The third kappa shape index (κ3) is 6.05. The molecular weight excluding hydrogens is 305 g/mol. The van der Waals surface area contributed by atoms with E-state index in [1.54, 1.807) is 6.07 Å². The lowest BCUT2D eigenvalue weighted by atomic mass is 9.79. The SMILES string of the molecule is CCCC(C)(CNC(C)C)Cc1cc(F)cc(Br)c1. The van der Waals surface area contributed by atoms with Gasteiger partial charge in [-0.05, 0) is 42.0 Å². The van der Waals surface area contributed by atoms with Gasteiger partial charge in [0.15, 0.2) is 0 Å². The van der Waals surface area contributed by atoms with Crippen LogP contribution in [0.25, 0.3) is 0 Å². The minimum atomic E-state index is -0.167. The first-order valence-electron chi connectivity index (χ1n) is 7.03. The average molecular weight is 330 g/mol. The first-order valence-corrected chi connectivity index (χ1v) is 7.82. The first-order chi connectivity index (χ1) is 8.84. The van der Waals surface area contributed by atoms with E-state index in [-0.39, 0.29) is 11.2 Å². The van der Waals surface area contributed by atoms with Crippen molar-refractivity contribution >= 4 is 15.9 Å². The minimum Gasteiger partial charge on any atom is -0.314 e. The van der Waals surface area contributed by atoms with Gasteiger partial charge in [0.2, 0.25) is 0 Å². The number of hydrogen-bond donors (Lipinski definition) is 1. The second-order valence-electron chi connectivity index (χ2n) is 6.05. The zero-order valence-electron chi connectivity index (χ0n) is 12.4. The molecular formula is C16H25BrFN. The molecule has 0 aromatic heterocycles. The van der Waals surface area contributed by atoms with Crippen molar-refractivity contribution in [1.82, 2.24) is 5.32 Å². The molecule has 1 aromatic carbocycles. The van der Waals surface area contributed by atoms with Crippen LogP contribution in [0.2, 0.25) is 0 Å². The zero-order valence-corrected chi connectivity index (χ0v) is 14.0. The third-order valence-electron chi connectivity index (χ3n) is 3.34. The Bertz CT molecular complexity index is 385. The lowest BCUT2D eigenvalue weighted by molar-refractivity contribution is 0.266. The van der Waals surface area contributed by atoms with E-state index in [0.29, 0.717) is 6.04 Å². The quantitative estimate of drug-likeness (QED) is 0.747. The standard InChI is InChI=1S/C16H25BrFN/c1-5-6-16(4,11-19-12(2)3)10-13-7-14(17)9-15(18)8-13/h7-9,12,19H,5-6,10-11H2,1-4H3. The number of benzene rings is 1. The summed E-state index contributed by atoms with van der Waals surface area (Å²) in [5.41, 5.74) is 1.24. The number of halogens is 2. The fourth-order valence-corrected chi connectivity index (χ4v) is 3.01. The molecule has 108 valence electrons. The molecule has 0 aliphatic rings. The molecule has 0 saturated carbocycles. The van der Waals surface area contributed by atoms with Crippen LogP contribution in [0.5, 0.6) is 0 Å². The number of hydrogen-bond acceptors (Lipinski definition) is 1. The third-order valence-corrected chi connectivity index (χ3v) is 3.80. The van der Waals surface area contributed by atoms with Crippen LogP contribution >= 0.6 is 15.9 Å². The highest BCUT2D eigenvalue weighted by atomic mass is 79.9. The van der Waals surface area contributed by atoms with Gasteiger partial charge in [-0.1, -0.05) is 50.0 Å². The fraction of sp³-hybridized carbons (Fsp3) is 0.625. The Hall–Kier alpha value is -0.410. The summed E-state index contributed by atoms with van der Waals surface area (Å²) in [4.78, 5) is 0. The smallest absolute Gasteiger partial charge is 0.124 e. The number of rotatable bonds is 7. The Kier molecular flexibility index (Phi) is 6.48. The summed E-state index contributed by atoms with van der Waals surface area (Å²) in [5.74, 6) is -0.167. The van der Waals surface area contributed by atoms with Gasteiger partial charge in [-0.3, -0.25) is 0 Å². The van der Waals surface area contributed by atoms with Gasteiger partial charge in [0.1, 0.15) is 5.82 Å². The zero-order chi connectivity index (χ0) is 14.5. The maximum atomic E-state index is 13.5. The fourth-order valence-electron chi connectivity index (χ4n) is 2.50. The molecule has 3 heteroatoms. The van der Waals surface area contributed by atoms with Gasteiger partial charge in [0.25, 0.3) is 0 Å². The molecule has 0 aliphatic heterocycles. The summed E-state index contributed by atoms with van der Waals surface area (Å²) in [5, 5.41) is 3.51. The van der Waals surface area contributed by atoms with E-state index in [4.69, 9.17) is 0 Å². The lowest BCUT2D eigenvalue weighted by Gasteiger charge is -2.31. The molecule has 1 nitrogen and oxygen atoms in total. The van der Waals surface area contributed by atoms with Crippen LogP contribution in [0.15, 0.2) is 22.7 Å². The van der Waals surface area contributed by atoms with Crippen LogP contribution in [0.4, 0.5) is 4.39 Å². The Morgan fingerprint density at radius 2 is 2.00 bits per heavy atom. The highest BCUT2D eigenvalue weighted by Crippen LogP contribution is 2.29. The molecule has 1 unspecified atom stereocenters. The number of nitrogens with one attached hydrogen (secondary N) is 1. The van der Waals surface area contributed by atoms with E-state index in [1.165, 1.54) is 6.07 Å². The summed E-state index contributed by atoms with van der Waals surface area (Å²) in [6, 6.07) is 5.66. The largest absolute Gasteiger partial charge is 0.314 e. The molecule has 0 heterocycles. The summed E-state index contributed by atoms with van der Waals surface area (Å²) in [6.07, 6.45) is 3.19. The van der Waals surface area contributed by atoms with E-state index in [2.05, 4.69) is 48.9 Å². The predicted molar refractivity (Wildman–Crippen MR) is 84.0 cm³/mol. The topological polar surface area (TPSA) is 12.0 Å². The highest BCUT2D eigenvalue weighted by molar-refractivity contribution is 9.10. The van der Waals surface area contributed by atoms with Crippen molar-refractivity contribution < 1.29 is 4.39 Å². The Labute approximate surface area is 125 Å². The monoisotopic (exact) mass is 329 g/mol. The van der Waals surface area contributed by atoms with Crippen molar-refractivity contribution in [3.8, 4) is 0 Å². The molecule has 0 radical (unpaired) electrons. The van der Waals surface area contributed by atoms with Gasteiger partial charge in [-0.15, -0.1) is 0 Å². The van der Waals surface area contributed by atoms with E-state index in [0.717, 1.165) is 35.8 Å². The molecule has 1 atom stereocenters. The van der Waals surface area contributed by atoms with E-state index >= 15 is 0 Å². The Morgan fingerprint density at radius 3 is 2.53 bits per heavy atom. The predicted octanol–water partition coefficient (Wildman–Crippen LogP) is 4.94. The van der Waals surface area contributed by atoms with Crippen LogP contribution in [-0.4, -0.2) is 12.6 Å². The molecule has 0 saturated heterocycles. The van der Waals surface area contributed by atoms with Gasteiger partial charge < -0.3 is 5.32 Å². The van der Waals surface area contributed by atoms with Crippen LogP contribution in [0.1, 0.15) is 46.1 Å². The second-order valence-corrected chi connectivity index (χ2v) is 6.97. The Balaban J connectivity index is 2.81. The van der Waals surface area contributed by atoms with Crippen molar-refractivity contribution in [2.24, 2.45) is 5.41 Å².